The van der Waals surface area contributed by atoms with Gasteiger partial charge in [-0.2, -0.15) is 15.1 Å². The molecule has 5 N–H and O–H groups in total. The van der Waals surface area contributed by atoms with Gasteiger partial charge in [0.25, 0.3) is 0 Å². The molecule has 0 radical (unpaired) electrons. The minimum absolute atomic E-state index is 0.186. The van der Waals surface area contributed by atoms with Crippen molar-refractivity contribution in [2.24, 2.45) is 0 Å². The first kappa shape index (κ1) is 19.9. The van der Waals surface area contributed by atoms with Crippen LogP contribution in [0.4, 0.5) is 11.8 Å². The van der Waals surface area contributed by atoms with E-state index in [2.05, 4.69) is 36.9 Å². The molecule has 0 aliphatic heterocycles. The number of aromatic nitrogens is 4. The van der Waals surface area contributed by atoms with Crippen molar-refractivity contribution >= 4 is 34.4 Å². The summed E-state index contributed by atoms with van der Waals surface area (Å²) in [5.41, 5.74) is 10.3. The van der Waals surface area contributed by atoms with Crippen molar-refractivity contribution in [2.75, 3.05) is 31.2 Å². The predicted octanol–water partition coefficient (Wildman–Crippen LogP) is 3.53. The van der Waals surface area contributed by atoms with Crippen molar-refractivity contribution in [1.82, 2.24) is 25.5 Å². The summed E-state index contributed by atoms with van der Waals surface area (Å²) in [5.74, 6) is 0.844. The molecule has 7 nitrogen and oxygen atoms in total. The fourth-order valence-electron chi connectivity index (χ4n) is 2.54. The van der Waals surface area contributed by atoms with Crippen LogP contribution in [0.5, 0.6) is 0 Å². The Morgan fingerprint density at radius 2 is 1.88 bits per heavy atom. The normalized spacial score (nSPS) is 10.5. The average molecular weight is 376 g/mol. The second-order valence-corrected chi connectivity index (χ2v) is 6.07. The molecule has 0 aliphatic rings. The van der Waals surface area contributed by atoms with Gasteiger partial charge in [0, 0.05) is 23.7 Å². The Hall–Kier alpha value is -2.38. The van der Waals surface area contributed by atoms with E-state index in [0.717, 1.165) is 34.3 Å². The van der Waals surface area contributed by atoms with E-state index in [0.29, 0.717) is 23.0 Å². The van der Waals surface area contributed by atoms with Gasteiger partial charge in [0.15, 0.2) is 5.65 Å². The summed E-state index contributed by atoms with van der Waals surface area (Å²) in [7, 11) is 1.89. The molecule has 0 spiro atoms. The lowest BCUT2D eigenvalue weighted by molar-refractivity contribution is 0.822. The number of nitrogens with one attached hydrogen (secondary N) is 3. The third-order valence-electron chi connectivity index (χ3n) is 3.99. The third kappa shape index (κ3) is 4.05. The van der Waals surface area contributed by atoms with Crippen LogP contribution >= 0.6 is 11.6 Å². The van der Waals surface area contributed by atoms with Gasteiger partial charge in [-0.15, -0.1) is 0 Å². The fourth-order valence-corrected chi connectivity index (χ4v) is 2.81. The smallest absolute Gasteiger partial charge is 0.224 e. The first-order valence-corrected chi connectivity index (χ1v) is 9.06. The highest BCUT2D eigenvalue weighted by Gasteiger charge is 2.17. The minimum atomic E-state index is 0.186. The number of anilines is 2. The topological polar surface area (TPSA) is 105 Å². The Bertz CT molecular complexity index is 866. The van der Waals surface area contributed by atoms with Crippen LogP contribution in [-0.4, -0.2) is 40.3 Å². The molecule has 2 aromatic heterocycles. The number of nitrogens with two attached hydrogens (primary N) is 1. The van der Waals surface area contributed by atoms with Crippen molar-refractivity contribution < 1.29 is 0 Å². The van der Waals surface area contributed by atoms with E-state index in [1.807, 2.05) is 40.8 Å². The van der Waals surface area contributed by atoms with Gasteiger partial charge in [0.1, 0.15) is 5.82 Å². The Balaban J connectivity index is 0.00000117. The zero-order valence-electron chi connectivity index (χ0n) is 15.9. The first-order chi connectivity index (χ1) is 12.5. The van der Waals surface area contributed by atoms with Gasteiger partial charge in [-0.05, 0) is 44.2 Å². The molecule has 1 aromatic carbocycles. The van der Waals surface area contributed by atoms with E-state index in [4.69, 9.17) is 17.3 Å². The SMILES string of the molecule is CC.CNCCNc1nc(N)nc2n[nH]c(-c3cc(C)c(C)c(Cl)c3)c12. The van der Waals surface area contributed by atoms with E-state index in [1.165, 1.54) is 0 Å². The Kier molecular flexibility index (Phi) is 6.76. The number of benzene rings is 1. The van der Waals surface area contributed by atoms with Crippen molar-refractivity contribution in [3.63, 3.8) is 0 Å². The molecule has 3 aromatic rings. The highest BCUT2D eigenvalue weighted by molar-refractivity contribution is 6.31. The maximum atomic E-state index is 6.35. The van der Waals surface area contributed by atoms with Crippen molar-refractivity contribution in [1.29, 1.82) is 0 Å². The fraction of sp³-hybridized carbons (Fsp3) is 0.389. The largest absolute Gasteiger partial charge is 0.368 e. The number of aromatic amines is 1. The molecule has 0 aliphatic carbocycles. The molecule has 8 heteroatoms. The summed E-state index contributed by atoms with van der Waals surface area (Å²) in [4.78, 5) is 8.54. The number of H-pyrrole nitrogens is 1. The van der Waals surface area contributed by atoms with Crippen LogP contribution in [0.3, 0.4) is 0 Å². The van der Waals surface area contributed by atoms with Crippen molar-refractivity contribution in [2.45, 2.75) is 27.7 Å². The molecule has 0 fully saturated rings. The predicted molar refractivity (Wildman–Crippen MR) is 110 cm³/mol. The van der Waals surface area contributed by atoms with Crippen LogP contribution in [0.1, 0.15) is 25.0 Å². The zero-order chi connectivity index (χ0) is 19.3. The first-order valence-electron chi connectivity index (χ1n) is 8.68. The highest BCUT2D eigenvalue weighted by Crippen LogP contribution is 2.33. The van der Waals surface area contributed by atoms with Crippen LogP contribution in [0.25, 0.3) is 22.3 Å². The van der Waals surface area contributed by atoms with Crippen LogP contribution < -0.4 is 16.4 Å². The van der Waals surface area contributed by atoms with Crippen LogP contribution in [0.15, 0.2) is 12.1 Å². The van der Waals surface area contributed by atoms with E-state index in [-0.39, 0.29) is 5.95 Å². The standard InChI is InChI=1S/C16H20ClN7.C2H6/c1-8-6-10(7-11(17)9(8)2)13-12-14(20-5-4-19-3)21-16(18)22-15(12)24-23-13;1-2/h6-7,19H,4-5H2,1-3H3,(H4,18,20,21,22,23,24);1-2H3. The second-order valence-electron chi connectivity index (χ2n) is 5.66. The summed E-state index contributed by atoms with van der Waals surface area (Å²) in [6.07, 6.45) is 0. The molecule has 0 saturated carbocycles. The lowest BCUT2D eigenvalue weighted by atomic mass is 10.0. The number of halogens is 1. The number of hydrogen-bond acceptors (Lipinski definition) is 6. The Morgan fingerprint density at radius 3 is 2.54 bits per heavy atom. The molecule has 0 amide bonds. The molecule has 26 heavy (non-hydrogen) atoms. The van der Waals surface area contributed by atoms with E-state index >= 15 is 0 Å². The van der Waals surface area contributed by atoms with Gasteiger partial charge in [-0.1, -0.05) is 25.4 Å². The quantitative estimate of drug-likeness (QED) is 0.508. The van der Waals surface area contributed by atoms with Crippen molar-refractivity contribution in [3.8, 4) is 11.3 Å². The molecule has 140 valence electrons. The van der Waals surface area contributed by atoms with Crippen LogP contribution in [-0.2, 0) is 0 Å². The number of fused-ring (bicyclic) bond motifs is 1. The van der Waals surface area contributed by atoms with Gasteiger partial charge in [0.05, 0.1) is 11.1 Å². The minimum Gasteiger partial charge on any atom is -0.368 e. The lowest BCUT2D eigenvalue weighted by Gasteiger charge is -2.10. The van der Waals surface area contributed by atoms with Gasteiger partial charge in [0.2, 0.25) is 5.95 Å². The molecule has 0 bridgehead atoms. The number of rotatable bonds is 5. The van der Waals surface area contributed by atoms with E-state index < -0.39 is 0 Å². The van der Waals surface area contributed by atoms with Gasteiger partial charge >= 0.3 is 0 Å². The molecule has 3 rings (SSSR count). The molecule has 0 saturated heterocycles. The maximum Gasteiger partial charge on any atom is 0.224 e. The summed E-state index contributed by atoms with van der Waals surface area (Å²) in [6.45, 7) is 9.54. The van der Waals surface area contributed by atoms with E-state index in [9.17, 15) is 0 Å². The van der Waals surface area contributed by atoms with Crippen LogP contribution in [0.2, 0.25) is 5.02 Å². The molecule has 2 heterocycles. The van der Waals surface area contributed by atoms with Gasteiger partial charge < -0.3 is 16.4 Å². The molecular formula is C18H26ClN7. The third-order valence-corrected chi connectivity index (χ3v) is 4.38. The number of aryl methyl sites for hydroxylation is 1. The zero-order valence-corrected chi connectivity index (χ0v) is 16.6. The summed E-state index contributed by atoms with van der Waals surface area (Å²) in [5, 5.41) is 15.2. The lowest BCUT2D eigenvalue weighted by Crippen LogP contribution is -2.18. The highest BCUT2D eigenvalue weighted by atomic mass is 35.5. The number of likely N-dealkylation sites (N-methyl/N-ethyl adjacent to an activating group) is 1. The molecular weight excluding hydrogens is 350 g/mol. The number of nitrogen functional groups attached to an aromatic ring is 1. The monoisotopic (exact) mass is 375 g/mol. The second kappa shape index (κ2) is 8.82. The number of hydrogen-bond donors (Lipinski definition) is 4. The molecule has 0 atom stereocenters. The molecule has 0 unspecified atom stereocenters. The summed E-state index contributed by atoms with van der Waals surface area (Å²) >= 11 is 6.35. The van der Waals surface area contributed by atoms with Crippen LogP contribution in [0, 0.1) is 13.8 Å². The summed E-state index contributed by atoms with van der Waals surface area (Å²) in [6, 6.07) is 3.99. The summed E-state index contributed by atoms with van der Waals surface area (Å²) < 4.78 is 0. The Labute approximate surface area is 158 Å². The van der Waals surface area contributed by atoms with Gasteiger partial charge in [-0.25, -0.2) is 0 Å². The van der Waals surface area contributed by atoms with Crippen molar-refractivity contribution in [3.05, 3.63) is 28.3 Å². The average Bonchev–Trinajstić information content (AvgIpc) is 3.05. The Morgan fingerprint density at radius 1 is 1.15 bits per heavy atom. The van der Waals surface area contributed by atoms with E-state index in [1.54, 1.807) is 0 Å². The number of nitrogens with zero attached hydrogens (tertiary/aromatic N) is 3. The maximum absolute atomic E-state index is 6.35. The van der Waals surface area contributed by atoms with Gasteiger partial charge in [-0.3, -0.25) is 5.10 Å².